The smallest absolute Gasteiger partial charge is 0.248 e. The monoisotopic (exact) mass is 215 g/mol. The normalized spacial score (nSPS) is 23.9. The lowest BCUT2D eigenvalue weighted by Gasteiger charge is -2.25. The maximum absolute atomic E-state index is 11.2. The predicted octanol–water partition coefficient (Wildman–Crippen LogP) is 3.07. The summed E-state index contributed by atoms with van der Waals surface area (Å²) >= 11 is 0. The summed E-state index contributed by atoms with van der Waals surface area (Å²) in [6.07, 6.45) is 6.01. The van der Waals surface area contributed by atoms with Gasteiger partial charge in [-0.2, -0.15) is 0 Å². The molecule has 0 spiro atoms. The molecule has 16 heavy (non-hydrogen) atoms. The minimum atomic E-state index is -1.00. The first-order chi connectivity index (χ1) is 7.64. The Morgan fingerprint density at radius 3 is 2.62 bits per heavy atom. The number of rotatable bonds is 2. The van der Waals surface area contributed by atoms with Gasteiger partial charge in [-0.3, -0.25) is 10.1 Å². The molecule has 1 aromatic carbocycles. The van der Waals surface area contributed by atoms with E-state index in [4.69, 9.17) is 0 Å². The van der Waals surface area contributed by atoms with Crippen molar-refractivity contribution < 1.29 is 4.92 Å². The molecule has 0 aromatic heterocycles. The Kier molecular flexibility index (Phi) is 2.60. The fourth-order valence-corrected chi connectivity index (χ4v) is 1.95. The Balaban J connectivity index is 2.49. The molecule has 0 saturated heterocycles. The van der Waals surface area contributed by atoms with Gasteiger partial charge in [0.1, 0.15) is 0 Å². The van der Waals surface area contributed by atoms with Crippen LogP contribution in [0.5, 0.6) is 0 Å². The van der Waals surface area contributed by atoms with Crippen LogP contribution in [0.2, 0.25) is 0 Å². The molecular weight excluding hydrogens is 202 g/mol. The van der Waals surface area contributed by atoms with Gasteiger partial charge in [0, 0.05) is 23.8 Å². The van der Waals surface area contributed by atoms with Crippen molar-refractivity contribution >= 4 is 5.57 Å². The zero-order valence-electron chi connectivity index (χ0n) is 9.09. The first kappa shape index (κ1) is 10.6. The molecule has 0 amide bonds. The average Bonchev–Trinajstić information content (AvgIpc) is 2.30. The molecule has 0 fully saturated rings. The van der Waals surface area contributed by atoms with Crippen LogP contribution in [-0.2, 0) is 0 Å². The van der Waals surface area contributed by atoms with Gasteiger partial charge in [0.15, 0.2) is 0 Å². The van der Waals surface area contributed by atoms with E-state index in [1.54, 1.807) is 6.92 Å². The Morgan fingerprint density at radius 2 is 2.00 bits per heavy atom. The third kappa shape index (κ3) is 1.65. The lowest BCUT2D eigenvalue weighted by molar-refractivity contribution is -0.545. The summed E-state index contributed by atoms with van der Waals surface area (Å²) in [7, 11) is 0. The maximum Gasteiger partial charge on any atom is 0.248 e. The van der Waals surface area contributed by atoms with Gasteiger partial charge in [-0.15, -0.1) is 0 Å². The summed E-state index contributed by atoms with van der Waals surface area (Å²) in [6.45, 7) is 1.68. The van der Waals surface area contributed by atoms with Crippen LogP contribution in [0.25, 0.3) is 5.57 Å². The van der Waals surface area contributed by atoms with Gasteiger partial charge in [-0.05, 0) is 5.56 Å². The Labute approximate surface area is 94.3 Å². The van der Waals surface area contributed by atoms with Crippen molar-refractivity contribution in [2.45, 2.75) is 18.9 Å². The number of nitrogens with zero attached hydrogens (tertiary/aromatic N) is 1. The van der Waals surface area contributed by atoms with Crippen molar-refractivity contribution in [2.75, 3.05) is 0 Å². The topological polar surface area (TPSA) is 43.1 Å². The van der Waals surface area contributed by atoms with E-state index in [-0.39, 0.29) is 4.92 Å². The fraction of sp³-hybridized carbons (Fsp3) is 0.231. The van der Waals surface area contributed by atoms with E-state index >= 15 is 0 Å². The second-order valence-corrected chi connectivity index (χ2v) is 4.11. The molecule has 2 rings (SSSR count). The van der Waals surface area contributed by atoms with Crippen LogP contribution in [0, 0.1) is 10.1 Å². The minimum Gasteiger partial charge on any atom is -0.264 e. The molecule has 0 radical (unpaired) electrons. The summed E-state index contributed by atoms with van der Waals surface area (Å²) in [5.74, 6) is 0. The minimum absolute atomic E-state index is 0.199. The van der Waals surface area contributed by atoms with E-state index in [0.29, 0.717) is 6.42 Å². The van der Waals surface area contributed by atoms with E-state index in [9.17, 15) is 10.1 Å². The third-order valence-electron chi connectivity index (χ3n) is 2.98. The van der Waals surface area contributed by atoms with Crippen molar-refractivity contribution in [1.82, 2.24) is 0 Å². The number of hydrogen-bond acceptors (Lipinski definition) is 2. The van der Waals surface area contributed by atoms with E-state index in [0.717, 1.165) is 11.1 Å². The summed E-state index contributed by atoms with van der Waals surface area (Å²) < 4.78 is 0. The zero-order chi connectivity index (χ0) is 11.6. The SMILES string of the molecule is CC1([N+](=O)[O-])CC=CC=C1c1ccccc1. The van der Waals surface area contributed by atoms with Crippen LogP contribution in [0.1, 0.15) is 18.9 Å². The van der Waals surface area contributed by atoms with Gasteiger partial charge in [-0.25, -0.2) is 0 Å². The van der Waals surface area contributed by atoms with Gasteiger partial charge in [0.2, 0.25) is 5.54 Å². The summed E-state index contributed by atoms with van der Waals surface area (Å²) in [4.78, 5) is 11.0. The second kappa shape index (κ2) is 3.93. The lowest BCUT2D eigenvalue weighted by atomic mass is 9.81. The molecule has 0 bridgehead atoms. The molecule has 0 N–H and O–H groups in total. The highest BCUT2D eigenvalue weighted by molar-refractivity contribution is 5.74. The van der Waals surface area contributed by atoms with Crippen molar-refractivity contribution in [2.24, 2.45) is 0 Å². The highest BCUT2D eigenvalue weighted by atomic mass is 16.6. The van der Waals surface area contributed by atoms with Gasteiger partial charge in [0.05, 0.1) is 0 Å². The molecule has 1 aromatic rings. The van der Waals surface area contributed by atoms with Gasteiger partial charge >= 0.3 is 0 Å². The average molecular weight is 215 g/mol. The number of nitro groups is 1. The molecule has 3 nitrogen and oxygen atoms in total. The summed E-state index contributed by atoms with van der Waals surface area (Å²) in [5, 5.41) is 11.2. The van der Waals surface area contributed by atoms with E-state index in [2.05, 4.69) is 0 Å². The molecule has 1 aliphatic carbocycles. The quantitative estimate of drug-likeness (QED) is 0.562. The molecule has 82 valence electrons. The zero-order valence-corrected chi connectivity index (χ0v) is 9.09. The standard InChI is InChI=1S/C13H13NO2/c1-13(14(15)16)10-6-5-9-12(13)11-7-3-2-4-8-11/h2-9H,10H2,1H3. The fourth-order valence-electron chi connectivity index (χ4n) is 1.95. The first-order valence-electron chi connectivity index (χ1n) is 5.22. The van der Waals surface area contributed by atoms with Crippen LogP contribution in [0.4, 0.5) is 0 Å². The molecule has 0 heterocycles. The molecule has 1 aliphatic rings. The second-order valence-electron chi connectivity index (χ2n) is 4.11. The highest BCUT2D eigenvalue weighted by Crippen LogP contribution is 2.35. The largest absolute Gasteiger partial charge is 0.264 e. The van der Waals surface area contributed by atoms with Crippen molar-refractivity contribution in [3.05, 3.63) is 64.2 Å². The first-order valence-corrected chi connectivity index (χ1v) is 5.22. The highest BCUT2D eigenvalue weighted by Gasteiger charge is 2.41. The third-order valence-corrected chi connectivity index (χ3v) is 2.98. The molecule has 3 heteroatoms. The molecule has 1 atom stereocenters. The number of hydrogen-bond donors (Lipinski definition) is 0. The number of benzene rings is 1. The Hall–Kier alpha value is -1.90. The maximum atomic E-state index is 11.2. The summed E-state index contributed by atoms with van der Waals surface area (Å²) in [5.41, 5.74) is 0.697. The van der Waals surface area contributed by atoms with Gasteiger partial charge in [0.25, 0.3) is 0 Å². The van der Waals surface area contributed by atoms with Gasteiger partial charge < -0.3 is 0 Å². The van der Waals surface area contributed by atoms with Crippen LogP contribution in [0.3, 0.4) is 0 Å². The van der Waals surface area contributed by atoms with Crippen molar-refractivity contribution in [3.8, 4) is 0 Å². The summed E-state index contributed by atoms with van der Waals surface area (Å²) in [6, 6.07) is 9.52. The van der Waals surface area contributed by atoms with Crippen LogP contribution in [-0.4, -0.2) is 10.5 Å². The van der Waals surface area contributed by atoms with Crippen LogP contribution in [0.15, 0.2) is 48.6 Å². The lowest BCUT2D eigenvalue weighted by Crippen LogP contribution is -2.36. The molecular formula is C13H13NO2. The van der Waals surface area contributed by atoms with E-state index < -0.39 is 5.54 Å². The van der Waals surface area contributed by atoms with Crippen molar-refractivity contribution in [3.63, 3.8) is 0 Å². The van der Waals surface area contributed by atoms with Crippen LogP contribution >= 0.6 is 0 Å². The molecule has 0 aliphatic heterocycles. The van der Waals surface area contributed by atoms with E-state index in [1.807, 2.05) is 48.6 Å². The molecule has 0 saturated carbocycles. The Morgan fingerprint density at radius 1 is 1.31 bits per heavy atom. The molecule has 1 unspecified atom stereocenters. The van der Waals surface area contributed by atoms with E-state index in [1.165, 1.54) is 0 Å². The van der Waals surface area contributed by atoms with Crippen LogP contribution < -0.4 is 0 Å². The van der Waals surface area contributed by atoms with Gasteiger partial charge in [-0.1, -0.05) is 48.6 Å². The predicted molar refractivity (Wildman–Crippen MR) is 63.6 cm³/mol. The Bertz CT molecular complexity index is 462. The number of allylic oxidation sites excluding steroid dienone is 2. The van der Waals surface area contributed by atoms with Crippen molar-refractivity contribution in [1.29, 1.82) is 0 Å².